The molecular formula is C20H30NO6P. The molecule has 156 valence electrons. The molecule has 1 aromatic carbocycles. The van der Waals surface area contributed by atoms with Gasteiger partial charge < -0.3 is 4.74 Å². The van der Waals surface area contributed by atoms with Crippen LogP contribution < -0.4 is 0 Å². The molecule has 0 spiro atoms. The SMILES string of the molecule is Cc1ccc(CCP(=O)(OCOC(=O)C(C)(C)C)C2CCCN(O)C2=O)cc1. The molecule has 1 N–H and O–H groups in total. The van der Waals surface area contributed by atoms with Gasteiger partial charge in [0.2, 0.25) is 7.37 Å². The van der Waals surface area contributed by atoms with Crippen molar-refractivity contribution in [1.82, 2.24) is 5.06 Å². The van der Waals surface area contributed by atoms with E-state index >= 15 is 0 Å². The highest BCUT2D eigenvalue weighted by Gasteiger charge is 2.43. The average Bonchev–Trinajstić information content (AvgIpc) is 2.62. The number of hydrogen-bond donors (Lipinski definition) is 1. The molecular weight excluding hydrogens is 381 g/mol. The van der Waals surface area contributed by atoms with E-state index in [0.29, 0.717) is 24.3 Å². The Kier molecular flexibility index (Phi) is 7.43. The van der Waals surface area contributed by atoms with Gasteiger partial charge in [0.25, 0.3) is 5.91 Å². The van der Waals surface area contributed by atoms with E-state index < -0.39 is 37.1 Å². The zero-order chi connectivity index (χ0) is 20.9. The molecule has 1 aliphatic heterocycles. The Bertz CT molecular complexity index is 740. The highest BCUT2D eigenvalue weighted by molar-refractivity contribution is 7.60. The summed E-state index contributed by atoms with van der Waals surface area (Å²) in [5.41, 5.74) is 0.462. The Balaban J connectivity index is 2.12. The molecule has 2 rings (SSSR count). The summed E-state index contributed by atoms with van der Waals surface area (Å²) in [5, 5.41) is 10.4. The maximum atomic E-state index is 13.6. The molecule has 2 unspecified atom stereocenters. The molecule has 28 heavy (non-hydrogen) atoms. The number of amides is 1. The normalized spacial score (nSPS) is 20.0. The van der Waals surface area contributed by atoms with Gasteiger partial charge in [0, 0.05) is 12.7 Å². The second-order valence-corrected chi connectivity index (χ2v) is 11.0. The molecule has 0 saturated carbocycles. The van der Waals surface area contributed by atoms with Gasteiger partial charge in [0.05, 0.1) is 5.41 Å². The number of aryl methyl sites for hydroxylation is 2. The van der Waals surface area contributed by atoms with Crippen LogP contribution in [0.5, 0.6) is 0 Å². The molecule has 1 amide bonds. The van der Waals surface area contributed by atoms with E-state index in [4.69, 9.17) is 9.26 Å². The lowest BCUT2D eigenvalue weighted by atomic mass is 9.98. The predicted octanol–water partition coefficient (Wildman–Crippen LogP) is 3.76. The number of esters is 1. The lowest BCUT2D eigenvalue weighted by molar-refractivity contribution is -0.169. The summed E-state index contributed by atoms with van der Waals surface area (Å²) in [5.74, 6) is -1.07. The molecule has 8 heteroatoms. The number of hydroxylamine groups is 2. The molecule has 0 bridgehead atoms. The van der Waals surface area contributed by atoms with Gasteiger partial charge >= 0.3 is 5.97 Å². The largest absolute Gasteiger partial charge is 0.438 e. The van der Waals surface area contributed by atoms with Crippen LogP contribution in [0.2, 0.25) is 0 Å². The van der Waals surface area contributed by atoms with Crippen LogP contribution in [0.15, 0.2) is 24.3 Å². The fourth-order valence-corrected chi connectivity index (χ4v) is 5.41. The van der Waals surface area contributed by atoms with Crippen molar-refractivity contribution in [2.24, 2.45) is 5.41 Å². The van der Waals surface area contributed by atoms with Gasteiger partial charge in [-0.3, -0.25) is 23.9 Å². The van der Waals surface area contributed by atoms with Crippen molar-refractivity contribution in [1.29, 1.82) is 0 Å². The summed E-state index contributed by atoms with van der Waals surface area (Å²) in [6.45, 7) is 6.85. The molecule has 0 aliphatic carbocycles. The number of hydrogen-bond acceptors (Lipinski definition) is 6. The van der Waals surface area contributed by atoms with Crippen LogP contribution in [-0.2, 0) is 29.8 Å². The standard InChI is InChI=1S/C20H30NO6P/c1-15-7-9-16(10-8-15)11-13-28(25,17-6-5-12-21(24)18(17)22)27-14-26-19(23)20(2,3)4/h7-10,17,24H,5-6,11-14H2,1-4H3. The van der Waals surface area contributed by atoms with Gasteiger partial charge in [0.15, 0.2) is 6.79 Å². The molecule has 1 saturated heterocycles. The molecule has 1 aliphatic rings. The second kappa shape index (κ2) is 9.21. The monoisotopic (exact) mass is 411 g/mol. The highest BCUT2D eigenvalue weighted by Crippen LogP contribution is 2.55. The average molecular weight is 411 g/mol. The number of rotatable bonds is 7. The molecule has 0 aromatic heterocycles. The van der Waals surface area contributed by atoms with Crippen molar-refractivity contribution >= 4 is 19.2 Å². The van der Waals surface area contributed by atoms with Crippen LogP contribution in [0.4, 0.5) is 0 Å². The van der Waals surface area contributed by atoms with Gasteiger partial charge in [-0.2, -0.15) is 0 Å². The van der Waals surface area contributed by atoms with E-state index in [-0.39, 0.29) is 12.7 Å². The van der Waals surface area contributed by atoms with E-state index in [9.17, 15) is 19.4 Å². The first kappa shape index (κ1) is 22.6. The Morgan fingerprint density at radius 2 is 1.93 bits per heavy atom. The van der Waals surface area contributed by atoms with Crippen LogP contribution in [0, 0.1) is 12.3 Å². The number of nitrogens with zero attached hydrogens (tertiary/aromatic N) is 1. The van der Waals surface area contributed by atoms with Crippen molar-refractivity contribution in [2.75, 3.05) is 19.5 Å². The number of ether oxygens (including phenoxy) is 1. The summed E-state index contributed by atoms with van der Waals surface area (Å²) >= 11 is 0. The minimum Gasteiger partial charge on any atom is -0.438 e. The van der Waals surface area contributed by atoms with Crippen LogP contribution >= 0.6 is 7.37 Å². The van der Waals surface area contributed by atoms with E-state index in [1.165, 1.54) is 0 Å². The van der Waals surface area contributed by atoms with Gasteiger partial charge in [-0.15, -0.1) is 0 Å². The van der Waals surface area contributed by atoms with Crippen LogP contribution in [0.1, 0.15) is 44.7 Å². The Hall–Kier alpha value is -1.69. The lowest BCUT2D eigenvalue weighted by Crippen LogP contribution is -2.42. The summed E-state index contributed by atoms with van der Waals surface area (Å²) < 4.78 is 24.3. The van der Waals surface area contributed by atoms with Crippen LogP contribution in [-0.4, -0.2) is 47.3 Å². The molecule has 1 aromatic rings. The number of piperidine rings is 1. The van der Waals surface area contributed by atoms with Crippen molar-refractivity contribution in [3.8, 4) is 0 Å². The first-order chi connectivity index (χ1) is 13.0. The number of carbonyl (C=O) groups excluding carboxylic acids is 2. The smallest absolute Gasteiger partial charge is 0.313 e. The molecule has 7 nitrogen and oxygen atoms in total. The van der Waals surface area contributed by atoms with Crippen molar-refractivity contribution < 1.29 is 28.6 Å². The topological polar surface area (TPSA) is 93.1 Å². The molecule has 2 atom stereocenters. The maximum Gasteiger partial charge on any atom is 0.313 e. The molecule has 1 fully saturated rings. The van der Waals surface area contributed by atoms with Crippen molar-refractivity contribution in [2.45, 2.75) is 52.6 Å². The van der Waals surface area contributed by atoms with Gasteiger partial charge in [-0.1, -0.05) is 29.8 Å². The predicted molar refractivity (Wildman–Crippen MR) is 105 cm³/mol. The van der Waals surface area contributed by atoms with Crippen molar-refractivity contribution in [3.63, 3.8) is 0 Å². The second-order valence-electron chi connectivity index (χ2n) is 8.23. The Morgan fingerprint density at radius 3 is 2.54 bits per heavy atom. The third-order valence-electron chi connectivity index (χ3n) is 4.77. The molecule has 0 radical (unpaired) electrons. The number of benzene rings is 1. The summed E-state index contributed by atoms with van der Waals surface area (Å²) in [6, 6.07) is 7.82. The van der Waals surface area contributed by atoms with E-state index in [2.05, 4.69) is 0 Å². The maximum absolute atomic E-state index is 13.6. The fraction of sp³-hybridized carbons (Fsp3) is 0.600. The zero-order valence-corrected chi connectivity index (χ0v) is 17.9. The van der Waals surface area contributed by atoms with Gasteiger partial charge in [0.1, 0.15) is 5.66 Å². The highest BCUT2D eigenvalue weighted by atomic mass is 31.2. The lowest BCUT2D eigenvalue weighted by Gasteiger charge is -2.32. The van der Waals surface area contributed by atoms with E-state index in [1.807, 2.05) is 31.2 Å². The number of carbonyl (C=O) groups is 2. The first-order valence-corrected chi connectivity index (χ1v) is 11.4. The third-order valence-corrected chi connectivity index (χ3v) is 7.59. The van der Waals surface area contributed by atoms with E-state index in [1.54, 1.807) is 20.8 Å². The summed E-state index contributed by atoms with van der Waals surface area (Å²) in [4.78, 5) is 24.3. The first-order valence-electron chi connectivity index (χ1n) is 9.49. The minimum atomic E-state index is -3.50. The van der Waals surface area contributed by atoms with Crippen LogP contribution in [0.25, 0.3) is 0 Å². The molecule has 1 heterocycles. The zero-order valence-electron chi connectivity index (χ0n) is 17.0. The summed E-state index contributed by atoms with van der Waals surface area (Å²) in [6.07, 6.45) is 1.49. The van der Waals surface area contributed by atoms with E-state index in [0.717, 1.165) is 11.1 Å². The fourth-order valence-electron chi connectivity index (χ4n) is 2.94. The van der Waals surface area contributed by atoms with Gasteiger partial charge in [-0.25, -0.2) is 5.06 Å². The quantitative estimate of drug-likeness (QED) is 0.318. The Labute approximate surface area is 166 Å². The Morgan fingerprint density at radius 1 is 1.29 bits per heavy atom. The minimum absolute atomic E-state index is 0.132. The van der Waals surface area contributed by atoms with Crippen molar-refractivity contribution in [3.05, 3.63) is 35.4 Å². The van der Waals surface area contributed by atoms with Crippen LogP contribution in [0.3, 0.4) is 0 Å². The third kappa shape index (κ3) is 5.90. The van der Waals surface area contributed by atoms with Gasteiger partial charge in [-0.05, 0) is 52.5 Å². The summed E-state index contributed by atoms with van der Waals surface area (Å²) in [7, 11) is -3.50.